The first-order chi connectivity index (χ1) is 12.8. The zero-order chi connectivity index (χ0) is 19.2. The van der Waals surface area contributed by atoms with Crippen LogP contribution < -0.4 is 10.1 Å². The van der Waals surface area contributed by atoms with Crippen LogP contribution in [0.25, 0.3) is 0 Å². The first-order valence-electron chi connectivity index (χ1n) is 10.0. The molecule has 4 rings (SSSR count). The van der Waals surface area contributed by atoms with E-state index in [4.69, 9.17) is 4.74 Å². The van der Waals surface area contributed by atoms with Gasteiger partial charge in [0.1, 0.15) is 5.75 Å². The maximum absolute atomic E-state index is 5.30. The van der Waals surface area contributed by atoms with Crippen molar-refractivity contribution < 1.29 is 4.74 Å². The number of methoxy groups -OCH3 is 1. The number of ether oxygens (including phenoxy) is 1. The smallest absolute Gasteiger partial charge is 0.118 e. The highest BCUT2D eigenvalue weighted by atomic mass is 32.2. The van der Waals surface area contributed by atoms with Crippen LogP contribution in [0.5, 0.6) is 5.75 Å². The number of hydrogen-bond acceptors (Lipinski definition) is 3. The molecule has 2 aromatic carbocycles. The Kier molecular flexibility index (Phi) is 4.70. The summed E-state index contributed by atoms with van der Waals surface area (Å²) in [4.78, 5) is 1.34. The van der Waals surface area contributed by atoms with Gasteiger partial charge in [0.25, 0.3) is 0 Å². The van der Waals surface area contributed by atoms with Crippen molar-refractivity contribution in [2.24, 2.45) is 5.92 Å². The van der Waals surface area contributed by atoms with Crippen molar-refractivity contribution in [2.75, 3.05) is 12.4 Å². The SMILES string of the molecule is COc1ccc(S[C@@]2(C)CC[C@H]3[C@H](C2)Nc2c(C)cccc2C3(C)C)cc1. The van der Waals surface area contributed by atoms with Gasteiger partial charge in [0, 0.05) is 21.4 Å². The minimum absolute atomic E-state index is 0.226. The van der Waals surface area contributed by atoms with E-state index in [1.165, 1.54) is 41.0 Å². The summed E-state index contributed by atoms with van der Waals surface area (Å²) >= 11 is 2.03. The Morgan fingerprint density at radius 1 is 1.07 bits per heavy atom. The summed E-state index contributed by atoms with van der Waals surface area (Å²) in [5.74, 6) is 1.62. The lowest BCUT2D eigenvalue weighted by Gasteiger charge is -2.53. The zero-order valence-corrected chi connectivity index (χ0v) is 18.0. The molecule has 1 N–H and O–H groups in total. The lowest BCUT2D eigenvalue weighted by atomic mass is 9.61. The molecule has 27 heavy (non-hydrogen) atoms. The number of anilines is 1. The number of fused-ring (bicyclic) bond motifs is 2. The molecule has 2 nitrogen and oxygen atoms in total. The molecule has 1 aliphatic heterocycles. The van der Waals surface area contributed by atoms with Crippen LogP contribution in [0.15, 0.2) is 47.4 Å². The lowest BCUT2D eigenvalue weighted by molar-refractivity contribution is 0.186. The van der Waals surface area contributed by atoms with Crippen LogP contribution in [-0.2, 0) is 5.41 Å². The fourth-order valence-corrected chi connectivity index (χ4v) is 6.51. The van der Waals surface area contributed by atoms with Crippen LogP contribution in [0.3, 0.4) is 0 Å². The van der Waals surface area contributed by atoms with Gasteiger partial charge in [0.05, 0.1) is 7.11 Å². The van der Waals surface area contributed by atoms with Gasteiger partial charge >= 0.3 is 0 Å². The summed E-state index contributed by atoms with van der Waals surface area (Å²) in [6, 6.07) is 15.8. The van der Waals surface area contributed by atoms with Gasteiger partial charge in [-0.1, -0.05) is 39.0 Å². The second-order valence-electron chi connectivity index (χ2n) is 9.05. The summed E-state index contributed by atoms with van der Waals surface area (Å²) in [7, 11) is 1.72. The van der Waals surface area contributed by atoms with Crippen molar-refractivity contribution in [2.45, 2.75) is 68.1 Å². The number of rotatable bonds is 3. The van der Waals surface area contributed by atoms with Gasteiger partial charge in [-0.25, -0.2) is 0 Å². The first kappa shape index (κ1) is 18.7. The Morgan fingerprint density at radius 2 is 1.81 bits per heavy atom. The summed E-state index contributed by atoms with van der Waals surface area (Å²) in [6.07, 6.45) is 3.74. The highest BCUT2D eigenvalue weighted by molar-refractivity contribution is 8.00. The number of hydrogen-bond donors (Lipinski definition) is 1. The van der Waals surface area contributed by atoms with Crippen molar-refractivity contribution in [3.63, 3.8) is 0 Å². The average Bonchev–Trinajstić information content (AvgIpc) is 2.63. The summed E-state index contributed by atoms with van der Waals surface area (Å²) in [6.45, 7) is 9.57. The molecule has 3 heteroatoms. The number of para-hydroxylation sites is 1. The van der Waals surface area contributed by atoms with Gasteiger partial charge in [-0.2, -0.15) is 0 Å². The topological polar surface area (TPSA) is 21.3 Å². The lowest BCUT2D eigenvalue weighted by Crippen LogP contribution is -2.52. The molecule has 0 radical (unpaired) electrons. The molecular weight excluding hydrogens is 350 g/mol. The van der Waals surface area contributed by atoms with E-state index in [2.05, 4.69) is 75.5 Å². The molecule has 0 spiro atoms. The van der Waals surface area contributed by atoms with Gasteiger partial charge in [0.15, 0.2) is 0 Å². The summed E-state index contributed by atoms with van der Waals surface area (Å²) in [5.41, 5.74) is 4.47. The third kappa shape index (κ3) is 3.35. The van der Waals surface area contributed by atoms with Crippen LogP contribution in [0.4, 0.5) is 5.69 Å². The molecule has 0 amide bonds. The molecule has 1 aliphatic carbocycles. The molecule has 1 fully saturated rings. The molecule has 0 bridgehead atoms. The van der Waals surface area contributed by atoms with Gasteiger partial charge < -0.3 is 10.1 Å². The molecule has 0 unspecified atom stereocenters. The van der Waals surface area contributed by atoms with E-state index >= 15 is 0 Å². The van der Waals surface area contributed by atoms with E-state index in [1.54, 1.807) is 7.11 Å². The van der Waals surface area contributed by atoms with E-state index in [0.29, 0.717) is 12.0 Å². The molecule has 3 atom stereocenters. The molecule has 2 aliphatic rings. The van der Waals surface area contributed by atoms with Gasteiger partial charge in [-0.05, 0) is 72.9 Å². The van der Waals surface area contributed by atoms with Gasteiger partial charge in [-0.3, -0.25) is 0 Å². The minimum Gasteiger partial charge on any atom is -0.497 e. The van der Waals surface area contributed by atoms with Gasteiger partial charge in [0.2, 0.25) is 0 Å². The fourth-order valence-electron chi connectivity index (χ4n) is 5.19. The number of aryl methyl sites for hydroxylation is 1. The second-order valence-corrected chi connectivity index (χ2v) is 10.7. The molecule has 1 saturated carbocycles. The molecule has 0 aromatic heterocycles. The minimum atomic E-state index is 0.226. The Labute approximate surface area is 168 Å². The van der Waals surface area contributed by atoms with Gasteiger partial charge in [-0.15, -0.1) is 11.8 Å². The van der Waals surface area contributed by atoms with Crippen LogP contribution in [0.2, 0.25) is 0 Å². The largest absolute Gasteiger partial charge is 0.497 e. The summed E-state index contributed by atoms with van der Waals surface area (Å²) < 4.78 is 5.57. The fraction of sp³-hybridized carbons (Fsp3) is 0.500. The Balaban J connectivity index is 1.58. The van der Waals surface area contributed by atoms with E-state index in [1.807, 2.05) is 11.8 Å². The van der Waals surface area contributed by atoms with Crippen LogP contribution in [0, 0.1) is 12.8 Å². The van der Waals surface area contributed by atoms with Crippen LogP contribution in [-0.4, -0.2) is 17.9 Å². The Hall–Kier alpha value is -1.61. The van der Waals surface area contributed by atoms with Crippen LogP contribution >= 0.6 is 11.8 Å². The first-order valence-corrected chi connectivity index (χ1v) is 10.8. The molecule has 1 heterocycles. The maximum atomic E-state index is 5.30. The van der Waals surface area contributed by atoms with Crippen LogP contribution in [0.1, 0.15) is 51.2 Å². The predicted molar refractivity (Wildman–Crippen MR) is 116 cm³/mol. The Bertz CT molecular complexity index is 829. The van der Waals surface area contributed by atoms with Crippen molar-refractivity contribution >= 4 is 17.4 Å². The second kappa shape index (κ2) is 6.77. The highest BCUT2D eigenvalue weighted by Gasteiger charge is 2.48. The quantitative estimate of drug-likeness (QED) is 0.662. The normalized spacial score (nSPS) is 28.6. The van der Waals surface area contributed by atoms with Crippen molar-refractivity contribution in [3.8, 4) is 5.75 Å². The maximum Gasteiger partial charge on any atom is 0.118 e. The predicted octanol–water partition coefficient (Wildman–Crippen LogP) is 6.43. The monoisotopic (exact) mass is 381 g/mol. The highest BCUT2D eigenvalue weighted by Crippen LogP contribution is 2.54. The van der Waals surface area contributed by atoms with E-state index in [-0.39, 0.29) is 10.2 Å². The molecular formula is C24H31NOS. The molecule has 0 saturated heterocycles. The summed E-state index contributed by atoms with van der Waals surface area (Å²) in [5, 5.41) is 3.95. The molecule has 144 valence electrons. The Morgan fingerprint density at radius 3 is 2.52 bits per heavy atom. The van der Waals surface area contributed by atoms with Crippen molar-refractivity contribution in [3.05, 3.63) is 53.6 Å². The zero-order valence-electron chi connectivity index (χ0n) is 17.1. The average molecular weight is 382 g/mol. The van der Waals surface area contributed by atoms with Crippen molar-refractivity contribution in [1.29, 1.82) is 0 Å². The third-order valence-electron chi connectivity index (χ3n) is 6.77. The van der Waals surface area contributed by atoms with E-state index in [0.717, 1.165) is 5.75 Å². The van der Waals surface area contributed by atoms with E-state index in [9.17, 15) is 0 Å². The molecule has 2 aromatic rings. The number of thioether (sulfide) groups is 1. The number of benzene rings is 2. The third-order valence-corrected chi connectivity index (χ3v) is 8.14. The van der Waals surface area contributed by atoms with E-state index < -0.39 is 0 Å². The number of nitrogens with one attached hydrogen (secondary N) is 1. The standard InChI is InChI=1S/C24H31NOS/c1-16-7-6-8-20-22(16)25-21-15-24(4,14-13-19(21)23(20,2)3)27-18-11-9-17(26-5)10-12-18/h6-12,19,21,25H,13-15H2,1-5H3/t19-,21-,24-/m0/s1. The van der Waals surface area contributed by atoms with Crippen molar-refractivity contribution in [1.82, 2.24) is 0 Å².